The van der Waals surface area contributed by atoms with Crippen LogP contribution in [0.3, 0.4) is 0 Å². The number of hydrogen-bond donors (Lipinski definition) is 0. The monoisotopic (exact) mass is 257 g/mol. The number of alkyl halides is 2. The Morgan fingerprint density at radius 1 is 1.67 bits per heavy atom. The molecule has 0 aliphatic carbocycles. The van der Waals surface area contributed by atoms with Gasteiger partial charge in [0.15, 0.2) is 0 Å². The summed E-state index contributed by atoms with van der Waals surface area (Å²) in [5.41, 5.74) is 0. The van der Waals surface area contributed by atoms with Crippen molar-refractivity contribution in [1.82, 2.24) is 0 Å². The van der Waals surface area contributed by atoms with Crippen molar-refractivity contribution in [2.24, 2.45) is 0 Å². The summed E-state index contributed by atoms with van der Waals surface area (Å²) in [6, 6.07) is 1.06. The second kappa shape index (κ2) is 3.44. The van der Waals surface area contributed by atoms with Crippen molar-refractivity contribution < 1.29 is 13.7 Å². The van der Waals surface area contributed by atoms with Crippen molar-refractivity contribution in [2.45, 2.75) is 6.43 Å². The molecule has 0 radical (unpaired) electrons. The van der Waals surface area contributed by atoms with Crippen molar-refractivity contribution in [3.8, 4) is 0 Å². The molecule has 0 spiro atoms. The lowest BCUT2D eigenvalue weighted by molar-refractivity contribution is -0.380. The van der Waals surface area contributed by atoms with Crippen LogP contribution in [0.5, 0.6) is 0 Å². The summed E-state index contributed by atoms with van der Waals surface area (Å²) in [7, 11) is 0. The molecule has 0 N–H and O–H groups in total. The molecule has 1 heterocycles. The molecule has 0 unspecified atom stereocenters. The molecule has 0 atom stereocenters. The highest BCUT2D eigenvalue weighted by Gasteiger charge is 2.21. The fourth-order valence-corrected chi connectivity index (χ4v) is 2.11. The summed E-state index contributed by atoms with van der Waals surface area (Å²) in [5.74, 6) is 0. The number of nitro groups is 1. The molecule has 1 aromatic rings. The maximum absolute atomic E-state index is 12.0. The molecule has 66 valence electrons. The Hall–Kier alpha value is -0.560. The summed E-state index contributed by atoms with van der Waals surface area (Å²) >= 11 is 3.30. The van der Waals surface area contributed by atoms with Crippen LogP contribution >= 0.6 is 27.3 Å². The van der Waals surface area contributed by atoms with Crippen molar-refractivity contribution in [3.63, 3.8) is 0 Å². The highest BCUT2D eigenvalue weighted by molar-refractivity contribution is 9.10. The average Bonchev–Trinajstić information content (AvgIpc) is 2.30. The first-order valence-corrected chi connectivity index (χ1v) is 4.35. The highest BCUT2D eigenvalue weighted by Crippen LogP contribution is 2.38. The molecule has 1 aromatic heterocycles. The molecule has 3 nitrogen and oxygen atoms in total. The minimum absolute atomic E-state index is 0.104. The Morgan fingerprint density at radius 2 is 2.25 bits per heavy atom. The third-order valence-corrected chi connectivity index (χ3v) is 3.03. The van der Waals surface area contributed by atoms with Crippen LogP contribution in [0.25, 0.3) is 0 Å². The molecule has 0 saturated carbocycles. The third kappa shape index (κ3) is 1.78. The van der Waals surface area contributed by atoms with Crippen LogP contribution in [0.2, 0.25) is 0 Å². The molecular formula is C5H2BrF2NO2S. The molecule has 0 aliphatic rings. The summed E-state index contributed by atoms with van der Waals surface area (Å²) < 4.78 is 24.1. The number of nitrogens with zero attached hydrogens (tertiary/aromatic N) is 1. The van der Waals surface area contributed by atoms with E-state index >= 15 is 0 Å². The predicted molar refractivity (Wildman–Crippen MR) is 43.6 cm³/mol. The maximum Gasteiger partial charge on any atom is 0.338 e. The topological polar surface area (TPSA) is 43.1 Å². The van der Waals surface area contributed by atoms with E-state index in [1.807, 2.05) is 0 Å². The van der Waals surface area contributed by atoms with E-state index in [0.717, 1.165) is 6.07 Å². The Balaban J connectivity index is 3.09. The molecule has 1 rings (SSSR count). The molecule has 0 fully saturated rings. The maximum atomic E-state index is 12.0. The Bertz CT molecular complexity index is 314. The van der Waals surface area contributed by atoms with Gasteiger partial charge >= 0.3 is 5.00 Å². The van der Waals surface area contributed by atoms with Gasteiger partial charge in [0.25, 0.3) is 6.43 Å². The van der Waals surface area contributed by atoms with E-state index in [9.17, 15) is 18.9 Å². The second-order valence-electron chi connectivity index (χ2n) is 1.86. The minimum Gasteiger partial charge on any atom is -0.258 e. The summed E-state index contributed by atoms with van der Waals surface area (Å²) in [4.78, 5) is 9.21. The van der Waals surface area contributed by atoms with E-state index in [4.69, 9.17) is 0 Å². The molecule has 0 bridgehead atoms. The van der Waals surface area contributed by atoms with Gasteiger partial charge in [-0.05, 0) is 22.0 Å². The van der Waals surface area contributed by atoms with E-state index in [2.05, 4.69) is 15.9 Å². The summed E-state index contributed by atoms with van der Waals surface area (Å²) in [6.45, 7) is 0. The first-order valence-electron chi connectivity index (χ1n) is 2.74. The minimum atomic E-state index is -2.65. The molecule has 0 aliphatic heterocycles. The van der Waals surface area contributed by atoms with Gasteiger partial charge in [-0.3, -0.25) is 10.1 Å². The van der Waals surface area contributed by atoms with Crippen LogP contribution in [0.15, 0.2) is 10.5 Å². The lowest BCUT2D eigenvalue weighted by Crippen LogP contribution is -1.82. The van der Waals surface area contributed by atoms with Gasteiger partial charge in [-0.2, -0.15) is 0 Å². The van der Waals surface area contributed by atoms with E-state index in [1.165, 1.54) is 0 Å². The smallest absolute Gasteiger partial charge is 0.258 e. The number of halogens is 3. The highest BCUT2D eigenvalue weighted by atomic mass is 79.9. The van der Waals surface area contributed by atoms with Gasteiger partial charge in [0.05, 0.1) is 9.80 Å². The average molecular weight is 258 g/mol. The predicted octanol–water partition coefficient (Wildman–Crippen LogP) is 3.36. The van der Waals surface area contributed by atoms with E-state index < -0.39 is 11.3 Å². The normalized spacial score (nSPS) is 10.7. The number of rotatable bonds is 2. The molecule has 7 heteroatoms. The van der Waals surface area contributed by atoms with Crippen molar-refractivity contribution >= 4 is 32.3 Å². The standard InChI is InChI=1S/C5H2BrF2NO2S/c6-2-1-3(4(7)8)12-5(2)9(10)11/h1,4H. The zero-order valence-electron chi connectivity index (χ0n) is 5.46. The molecule has 0 amide bonds. The summed E-state index contributed by atoms with van der Waals surface area (Å²) in [5, 5.41) is 9.91. The first-order chi connectivity index (χ1) is 5.52. The second-order valence-corrected chi connectivity index (χ2v) is 3.78. The van der Waals surface area contributed by atoms with Gasteiger partial charge in [-0.1, -0.05) is 11.3 Å². The SMILES string of the molecule is O=[N+]([O-])c1sc(C(F)F)cc1Br. The quantitative estimate of drug-likeness (QED) is 0.603. The van der Waals surface area contributed by atoms with E-state index in [-0.39, 0.29) is 14.4 Å². The summed E-state index contributed by atoms with van der Waals surface area (Å²) in [6.07, 6.45) is -2.65. The van der Waals surface area contributed by atoms with Crippen molar-refractivity contribution in [2.75, 3.05) is 0 Å². The van der Waals surface area contributed by atoms with Crippen LogP contribution in [-0.2, 0) is 0 Å². The molecule has 0 saturated heterocycles. The van der Waals surface area contributed by atoms with Crippen LogP contribution in [0.4, 0.5) is 13.8 Å². The van der Waals surface area contributed by atoms with Crippen LogP contribution in [-0.4, -0.2) is 4.92 Å². The van der Waals surface area contributed by atoms with Crippen LogP contribution in [0, 0.1) is 10.1 Å². The van der Waals surface area contributed by atoms with Gasteiger partial charge in [0.2, 0.25) is 0 Å². The first kappa shape index (κ1) is 9.53. The third-order valence-electron chi connectivity index (χ3n) is 1.07. The number of hydrogen-bond acceptors (Lipinski definition) is 3. The van der Waals surface area contributed by atoms with Crippen molar-refractivity contribution in [3.05, 3.63) is 25.5 Å². The van der Waals surface area contributed by atoms with Gasteiger partial charge in [0, 0.05) is 0 Å². The van der Waals surface area contributed by atoms with Crippen molar-refractivity contribution in [1.29, 1.82) is 0 Å². The molecule has 0 aromatic carbocycles. The van der Waals surface area contributed by atoms with Gasteiger partial charge in [-0.25, -0.2) is 8.78 Å². The van der Waals surface area contributed by atoms with Gasteiger partial charge < -0.3 is 0 Å². The molecular weight excluding hydrogens is 256 g/mol. The lowest BCUT2D eigenvalue weighted by Gasteiger charge is -1.87. The van der Waals surface area contributed by atoms with E-state index in [1.54, 1.807) is 0 Å². The van der Waals surface area contributed by atoms with E-state index in [0.29, 0.717) is 11.3 Å². The van der Waals surface area contributed by atoms with Gasteiger partial charge in [-0.15, -0.1) is 0 Å². The zero-order chi connectivity index (χ0) is 9.30. The Labute approximate surface area is 78.3 Å². The largest absolute Gasteiger partial charge is 0.338 e. The lowest BCUT2D eigenvalue weighted by atomic mass is 10.5. The Morgan fingerprint density at radius 3 is 2.50 bits per heavy atom. The van der Waals surface area contributed by atoms with Gasteiger partial charge in [0.1, 0.15) is 4.47 Å². The Kier molecular flexibility index (Phi) is 2.73. The number of thiophene rings is 1. The fraction of sp³-hybridized carbons (Fsp3) is 0.200. The molecule has 12 heavy (non-hydrogen) atoms. The van der Waals surface area contributed by atoms with Crippen LogP contribution < -0.4 is 0 Å². The zero-order valence-corrected chi connectivity index (χ0v) is 7.86. The van der Waals surface area contributed by atoms with Crippen LogP contribution in [0.1, 0.15) is 11.3 Å². The fourth-order valence-electron chi connectivity index (χ4n) is 0.608.